The molecule has 28 heavy (non-hydrogen) atoms. The molecule has 0 spiro atoms. The molecule has 1 aromatic heterocycles. The standard InChI is InChI=1S/C19H24N2O6S/c1-19(2,3)25-18(22)21(4)14-11-8-12-15-16(14)17(20-26-15)27-28(23,24)13-9-6-5-7-10-13/h5-7,9-10,14H,8,11-12H2,1-4H3. The van der Waals surface area contributed by atoms with E-state index in [4.69, 9.17) is 13.4 Å². The van der Waals surface area contributed by atoms with Crippen LogP contribution < -0.4 is 4.18 Å². The van der Waals surface area contributed by atoms with Crippen LogP contribution in [-0.4, -0.2) is 37.2 Å². The second-order valence-electron chi connectivity index (χ2n) is 7.67. The van der Waals surface area contributed by atoms with Gasteiger partial charge < -0.3 is 18.3 Å². The predicted octanol–water partition coefficient (Wildman–Crippen LogP) is 3.69. The number of benzene rings is 1. The Morgan fingerprint density at radius 3 is 2.57 bits per heavy atom. The molecule has 1 amide bonds. The van der Waals surface area contributed by atoms with Gasteiger partial charge in [0, 0.05) is 13.5 Å². The van der Waals surface area contributed by atoms with E-state index < -0.39 is 27.9 Å². The molecule has 0 saturated carbocycles. The maximum absolute atomic E-state index is 12.6. The topological polar surface area (TPSA) is 98.9 Å². The van der Waals surface area contributed by atoms with Crippen LogP contribution in [0.3, 0.4) is 0 Å². The van der Waals surface area contributed by atoms with E-state index in [9.17, 15) is 13.2 Å². The summed E-state index contributed by atoms with van der Waals surface area (Å²) in [5.74, 6) is 0.379. The predicted molar refractivity (Wildman–Crippen MR) is 100 cm³/mol. The van der Waals surface area contributed by atoms with Crippen LogP contribution in [0.2, 0.25) is 0 Å². The smallest absolute Gasteiger partial charge is 0.410 e. The Bertz CT molecular complexity index is 947. The lowest BCUT2D eigenvalue weighted by Gasteiger charge is -2.32. The number of fused-ring (bicyclic) bond motifs is 1. The maximum atomic E-state index is 12.6. The summed E-state index contributed by atoms with van der Waals surface area (Å²) in [6.45, 7) is 5.35. The molecule has 0 bridgehead atoms. The first-order chi connectivity index (χ1) is 13.1. The maximum Gasteiger partial charge on any atom is 0.410 e. The Hall–Kier alpha value is -2.55. The van der Waals surface area contributed by atoms with Gasteiger partial charge in [0.05, 0.1) is 11.6 Å². The molecule has 0 fully saturated rings. The van der Waals surface area contributed by atoms with Crippen molar-refractivity contribution in [3.05, 3.63) is 41.7 Å². The van der Waals surface area contributed by atoms with Crippen molar-refractivity contribution in [2.75, 3.05) is 7.05 Å². The van der Waals surface area contributed by atoms with E-state index in [2.05, 4.69) is 5.16 Å². The van der Waals surface area contributed by atoms with Gasteiger partial charge in [0.1, 0.15) is 16.3 Å². The molecule has 152 valence electrons. The number of aryl methyl sites for hydroxylation is 1. The molecule has 3 rings (SSSR count). The number of aromatic nitrogens is 1. The SMILES string of the molecule is CN(C(=O)OC(C)(C)C)C1CCCc2onc(OS(=O)(=O)c3ccccc3)c21. The molecule has 1 atom stereocenters. The van der Waals surface area contributed by atoms with Crippen molar-refractivity contribution in [3.8, 4) is 5.88 Å². The van der Waals surface area contributed by atoms with Crippen molar-refractivity contribution >= 4 is 16.2 Å². The summed E-state index contributed by atoms with van der Waals surface area (Å²) < 4.78 is 41.2. The Morgan fingerprint density at radius 2 is 1.93 bits per heavy atom. The molecule has 0 saturated heterocycles. The van der Waals surface area contributed by atoms with Gasteiger partial charge in [-0.3, -0.25) is 0 Å². The van der Waals surface area contributed by atoms with Crippen LogP contribution in [0, 0.1) is 0 Å². The number of hydrogen-bond donors (Lipinski definition) is 0. The first-order valence-electron chi connectivity index (χ1n) is 9.02. The molecule has 1 aromatic carbocycles. The fourth-order valence-electron chi connectivity index (χ4n) is 3.07. The number of carbonyl (C=O) groups excluding carboxylic acids is 1. The zero-order valence-corrected chi connectivity index (χ0v) is 17.2. The third kappa shape index (κ3) is 4.30. The summed E-state index contributed by atoms with van der Waals surface area (Å²) in [4.78, 5) is 13.9. The normalized spacial score (nSPS) is 16.9. The first kappa shape index (κ1) is 20.2. The lowest BCUT2D eigenvalue weighted by Crippen LogP contribution is -2.37. The molecule has 1 aliphatic carbocycles. The van der Waals surface area contributed by atoms with Crippen LogP contribution in [0.25, 0.3) is 0 Å². The number of rotatable bonds is 4. The number of nitrogens with zero attached hydrogens (tertiary/aromatic N) is 2. The molecule has 2 aromatic rings. The fourth-order valence-corrected chi connectivity index (χ4v) is 3.99. The van der Waals surface area contributed by atoms with E-state index >= 15 is 0 Å². The third-order valence-corrected chi connectivity index (χ3v) is 5.58. The van der Waals surface area contributed by atoms with Gasteiger partial charge >= 0.3 is 16.2 Å². The number of ether oxygens (including phenoxy) is 1. The van der Waals surface area contributed by atoms with Crippen LogP contribution in [0.5, 0.6) is 5.88 Å². The highest BCUT2D eigenvalue weighted by molar-refractivity contribution is 7.87. The summed E-state index contributed by atoms with van der Waals surface area (Å²) in [5, 5.41) is 3.82. The largest absolute Gasteiger partial charge is 0.444 e. The van der Waals surface area contributed by atoms with E-state index in [0.29, 0.717) is 24.2 Å². The molecular formula is C19H24N2O6S. The Balaban J connectivity index is 1.90. The van der Waals surface area contributed by atoms with E-state index in [1.807, 2.05) is 0 Å². The molecular weight excluding hydrogens is 384 g/mol. The zero-order chi connectivity index (χ0) is 20.5. The summed E-state index contributed by atoms with van der Waals surface area (Å²) in [5.41, 5.74) is -0.174. The Morgan fingerprint density at radius 1 is 1.25 bits per heavy atom. The summed E-state index contributed by atoms with van der Waals surface area (Å²) in [7, 11) is -2.46. The van der Waals surface area contributed by atoms with E-state index in [1.54, 1.807) is 46.0 Å². The van der Waals surface area contributed by atoms with Gasteiger partial charge in [-0.05, 0) is 50.9 Å². The minimum atomic E-state index is -4.07. The molecule has 0 aliphatic heterocycles. The summed E-state index contributed by atoms with van der Waals surface area (Å²) in [6.07, 6.45) is 1.47. The minimum absolute atomic E-state index is 0.0135. The van der Waals surface area contributed by atoms with Crippen molar-refractivity contribution in [1.82, 2.24) is 10.1 Å². The van der Waals surface area contributed by atoms with Gasteiger partial charge in [-0.1, -0.05) is 18.2 Å². The lowest BCUT2D eigenvalue weighted by atomic mass is 9.92. The van der Waals surface area contributed by atoms with Crippen LogP contribution in [0.15, 0.2) is 39.8 Å². The van der Waals surface area contributed by atoms with Crippen molar-refractivity contribution in [2.24, 2.45) is 0 Å². The molecule has 9 heteroatoms. The van der Waals surface area contributed by atoms with Crippen molar-refractivity contribution in [3.63, 3.8) is 0 Å². The van der Waals surface area contributed by atoms with Gasteiger partial charge in [0.25, 0.3) is 5.88 Å². The van der Waals surface area contributed by atoms with Gasteiger partial charge in [-0.15, -0.1) is 0 Å². The average Bonchev–Trinajstić information content (AvgIpc) is 3.03. The van der Waals surface area contributed by atoms with Crippen LogP contribution in [-0.2, 0) is 21.3 Å². The molecule has 1 unspecified atom stereocenters. The average molecular weight is 408 g/mol. The van der Waals surface area contributed by atoms with Crippen molar-refractivity contribution < 1.29 is 26.7 Å². The summed E-state index contributed by atoms with van der Waals surface area (Å²) in [6, 6.07) is 7.34. The monoisotopic (exact) mass is 408 g/mol. The Labute approximate surface area is 164 Å². The van der Waals surface area contributed by atoms with Crippen LogP contribution in [0.1, 0.15) is 51.0 Å². The highest BCUT2D eigenvalue weighted by Gasteiger charge is 2.37. The number of carbonyl (C=O) groups is 1. The zero-order valence-electron chi connectivity index (χ0n) is 16.3. The van der Waals surface area contributed by atoms with Gasteiger partial charge in [-0.25, -0.2) is 4.79 Å². The first-order valence-corrected chi connectivity index (χ1v) is 10.4. The van der Waals surface area contributed by atoms with Crippen molar-refractivity contribution in [2.45, 2.75) is 56.6 Å². The molecule has 0 radical (unpaired) electrons. The fraction of sp³-hybridized carbons (Fsp3) is 0.474. The highest BCUT2D eigenvalue weighted by Crippen LogP contribution is 2.40. The van der Waals surface area contributed by atoms with Crippen LogP contribution >= 0.6 is 0 Å². The van der Waals surface area contributed by atoms with E-state index in [1.165, 1.54) is 17.0 Å². The highest BCUT2D eigenvalue weighted by atomic mass is 32.2. The van der Waals surface area contributed by atoms with Gasteiger partial charge in [0.2, 0.25) is 0 Å². The molecule has 8 nitrogen and oxygen atoms in total. The van der Waals surface area contributed by atoms with E-state index in [-0.39, 0.29) is 10.8 Å². The minimum Gasteiger partial charge on any atom is -0.444 e. The van der Waals surface area contributed by atoms with Crippen LogP contribution in [0.4, 0.5) is 4.79 Å². The third-order valence-electron chi connectivity index (χ3n) is 4.35. The number of amides is 1. The second kappa shape index (κ2) is 7.46. The molecule has 0 N–H and O–H groups in total. The quantitative estimate of drug-likeness (QED) is 0.712. The van der Waals surface area contributed by atoms with E-state index in [0.717, 1.165) is 6.42 Å². The lowest BCUT2D eigenvalue weighted by molar-refractivity contribution is 0.0202. The van der Waals surface area contributed by atoms with Gasteiger partial charge in [0.15, 0.2) is 0 Å². The summed E-state index contributed by atoms with van der Waals surface area (Å²) >= 11 is 0. The molecule has 1 aliphatic rings. The molecule has 1 heterocycles. The second-order valence-corrected chi connectivity index (χ2v) is 9.22. The Kier molecular flexibility index (Phi) is 5.38. The number of hydrogen-bond acceptors (Lipinski definition) is 7. The van der Waals surface area contributed by atoms with Crippen molar-refractivity contribution in [1.29, 1.82) is 0 Å². The van der Waals surface area contributed by atoms with Gasteiger partial charge in [-0.2, -0.15) is 8.42 Å².